The number of rotatable bonds is 6. The lowest BCUT2D eigenvalue weighted by atomic mass is 9.70. The summed E-state index contributed by atoms with van der Waals surface area (Å²) in [5, 5.41) is 0. The van der Waals surface area contributed by atoms with E-state index >= 15 is 0 Å². The van der Waals surface area contributed by atoms with Gasteiger partial charge >= 0.3 is 11.9 Å². The van der Waals surface area contributed by atoms with Gasteiger partial charge in [-0.05, 0) is 66.4 Å². The van der Waals surface area contributed by atoms with Crippen LogP contribution in [0.3, 0.4) is 0 Å². The third-order valence-electron chi connectivity index (χ3n) is 6.30. The van der Waals surface area contributed by atoms with Crippen LogP contribution >= 0.6 is 12.4 Å². The van der Waals surface area contributed by atoms with Gasteiger partial charge in [0, 0.05) is 6.54 Å². The molecule has 0 spiro atoms. The zero-order valence-electron chi connectivity index (χ0n) is 20.3. The van der Waals surface area contributed by atoms with Crippen LogP contribution in [0.4, 0.5) is 0 Å². The Balaban J connectivity index is 0.000000393. The standard InChI is InChI=1S/C17H23NO3.C8H14O2.ClH/c1-5-21-16(20)17(4)6-7-18(17)15(19)11-14-9-12(2)8-13(3)10-14;1-3-10-7(9)8(2)5-4-6-8;/h8-10H,5-7,11H2,1-4H3;3-6H2,1-2H3;1H. The van der Waals surface area contributed by atoms with Crippen molar-refractivity contribution in [1.29, 1.82) is 0 Å². The van der Waals surface area contributed by atoms with Crippen molar-refractivity contribution >= 4 is 30.3 Å². The number of nitrogens with zero attached hydrogens (tertiary/aromatic N) is 1. The Hall–Kier alpha value is -2.08. The number of carbonyl (C=O) groups excluding carboxylic acids is 3. The van der Waals surface area contributed by atoms with E-state index in [4.69, 9.17) is 9.47 Å². The van der Waals surface area contributed by atoms with Crippen molar-refractivity contribution in [3.63, 3.8) is 0 Å². The second kappa shape index (κ2) is 11.7. The fourth-order valence-corrected chi connectivity index (χ4v) is 4.12. The number of aryl methyl sites for hydroxylation is 2. The summed E-state index contributed by atoms with van der Waals surface area (Å²) >= 11 is 0. The number of halogens is 1. The van der Waals surface area contributed by atoms with E-state index in [2.05, 4.69) is 6.07 Å². The molecule has 2 aliphatic rings. The third-order valence-corrected chi connectivity index (χ3v) is 6.30. The number of carbonyl (C=O) groups is 3. The maximum atomic E-state index is 12.5. The van der Waals surface area contributed by atoms with Crippen molar-refractivity contribution in [2.75, 3.05) is 19.8 Å². The first-order chi connectivity index (χ1) is 14.6. The van der Waals surface area contributed by atoms with Crippen molar-refractivity contribution < 1.29 is 23.9 Å². The summed E-state index contributed by atoms with van der Waals surface area (Å²) in [5.74, 6) is -0.326. The Morgan fingerprint density at radius 2 is 1.44 bits per heavy atom. The summed E-state index contributed by atoms with van der Waals surface area (Å²) in [7, 11) is 0. The average Bonchev–Trinajstić information content (AvgIpc) is 2.64. The second-order valence-electron chi connectivity index (χ2n) is 9.10. The summed E-state index contributed by atoms with van der Waals surface area (Å²) in [4.78, 5) is 37.2. The Morgan fingerprint density at radius 1 is 0.906 bits per heavy atom. The molecule has 0 bridgehead atoms. The third kappa shape index (κ3) is 6.47. The van der Waals surface area contributed by atoms with Crippen molar-refractivity contribution in [2.45, 2.75) is 79.2 Å². The molecule has 1 aliphatic heterocycles. The molecule has 1 atom stereocenters. The van der Waals surface area contributed by atoms with Crippen LogP contribution in [0.1, 0.15) is 70.1 Å². The van der Waals surface area contributed by atoms with Crippen LogP contribution in [0.2, 0.25) is 0 Å². The van der Waals surface area contributed by atoms with E-state index in [1.807, 2.05) is 39.8 Å². The molecule has 0 N–H and O–H groups in total. The Morgan fingerprint density at radius 3 is 1.84 bits per heavy atom. The van der Waals surface area contributed by atoms with Crippen molar-refractivity contribution in [3.8, 4) is 0 Å². The number of amides is 1. The molecule has 6 nitrogen and oxygen atoms in total. The largest absolute Gasteiger partial charge is 0.466 e. The number of hydrogen-bond acceptors (Lipinski definition) is 5. The second-order valence-corrected chi connectivity index (χ2v) is 9.10. The highest BCUT2D eigenvalue weighted by Gasteiger charge is 2.50. The van der Waals surface area contributed by atoms with Gasteiger partial charge < -0.3 is 14.4 Å². The summed E-state index contributed by atoms with van der Waals surface area (Å²) in [6.45, 7) is 12.9. The minimum absolute atomic E-state index is 0. The summed E-state index contributed by atoms with van der Waals surface area (Å²) in [6.07, 6.45) is 4.19. The first-order valence-electron chi connectivity index (χ1n) is 11.3. The van der Waals surface area contributed by atoms with Gasteiger partial charge in [-0.3, -0.25) is 9.59 Å². The lowest BCUT2D eigenvalue weighted by Crippen LogP contribution is -2.65. The van der Waals surface area contributed by atoms with E-state index in [1.54, 1.807) is 18.7 Å². The quantitative estimate of drug-likeness (QED) is 0.573. The molecule has 32 heavy (non-hydrogen) atoms. The maximum absolute atomic E-state index is 12.5. The highest BCUT2D eigenvalue weighted by molar-refractivity contribution is 5.90. The SMILES string of the molecule is CCOC(=O)C1(C)CCC1.CCOC(=O)C1(C)CCN1C(=O)Cc1cc(C)cc(C)c1.Cl. The summed E-state index contributed by atoms with van der Waals surface area (Å²) < 4.78 is 9.99. The van der Waals surface area contributed by atoms with Gasteiger partial charge in [0.25, 0.3) is 0 Å². The Bertz CT molecular complexity index is 800. The number of ether oxygens (including phenoxy) is 2. The Labute approximate surface area is 198 Å². The van der Waals surface area contributed by atoms with Crippen molar-refractivity contribution in [2.24, 2.45) is 5.41 Å². The zero-order valence-corrected chi connectivity index (χ0v) is 21.1. The van der Waals surface area contributed by atoms with E-state index in [1.165, 1.54) is 6.42 Å². The number of likely N-dealkylation sites (tertiary alicyclic amines) is 1. The molecular formula is C25H38ClNO5. The molecular weight excluding hydrogens is 430 g/mol. The summed E-state index contributed by atoms with van der Waals surface area (Å²) in [6, 6.07) is 6.12. The molecule has 1 aromatic carbocycles. The van der Waals surface area contributed by atoms with Gasteiger partial charge in [0.05, 0.1) is 25.0 Å². The molecule has 0 radical (unpaired) electrons. The lowest BCUT2D eigenvalue weighted by molar-refractivity contribution is -0.173. The molecule has 1 saturated carbocycles. The molecule has 1 unspecified atom stereocenters. The van der Waals surface area contributed by atoms with E-state index in [0.717, 1.165) is 29.5 Å². The minimum Gasteiger partial charge on any atom is -0.466 e. The molecule has 180 valence electrons. The first kappa shape index (κ1) is 28.0. The highest BCUT2D eigenvalue weighted by Crippen LogP contribution is 2.41. The molecule has 3 rings (SSSR count). The molecule has 2 fully saturated rings. The van der Waals surface area contributed by atoms with Gasteiger partial charge in [-0.1, -0.05) is 35.7 Å². The summed E-state index contributed by atoms with van der Waals surface area (Å²) in [5.41, 5.74) is 2.38. The van der Waals surface area contributed by atoms with Crippen LogP contribution in [-0.2, 0) is 30.3 Å². The molecule has 1 aromatic rings. The van der Waals surface area contributed by atoms with Gasteiger partial charge in [0.2, 0.25) is 5.91 Å². The van der Waals surface area contributed by atoms with Crippen LogP contribution in [0.5, 0.6) is 0 Å². The van der Waals surface area contributed by atoms with E-state index < -0.39 is 5.54 Å². The predicted molar refractivity (Wildman–Crippen MR) is 127 cm³/mol. The van der Waals surface area contributed by atoms with Gasteiger partial charge in [-0.15, -0.1) is 12.4 Å². The van der Waals surface area contributed by atoms with E-state index in [-0.39, 0.29) is 35.7 Å². The van der Waals surface area contributed by atoms with Crippen LogP contribution in [0, 0.1) is 19.3 Å². The fraction of sp³-hybridized carbons (Fsp3) is 0.640. The molecule has 1 heterocycles. The smallest absolute Gasteiger partial charge is 0.331 e. The van der Waals surface area contributed by atoms with Crippen molar-refractivity contribution in [3.05, 3.63) is 34.9 Å². The molecule has 0 aromatic heterocycles. The number of hydrogen-bond donors (Lipinski definition) is 0. The average molecular weight is 468 g/mol. The van der Waals surface area contributed by atoms with Gasteiger partial charge in [-0.2, -0.15) is 0 Å². The minimum atomic E-state index is -0.786. The molecule has 1 aliphatic carbocycles. The van der Waals surface area contributed by atoms with Crippen LogP contribution in [-0.4, -0.2) is 48.0 Å². The van der Waals surface area contributed by atoms with E-state index in [0.29, 0.717) is 32.6 Å². The predicted octanol–water partition coefficient (Wildman–Crippen LogP) is 4.56. The topological polar surface area (TPSA) is 72.9 Å². The van der Waals surface area contributed by atoms with E-state index in [9.17, 15) is 14.4 Å². The van der Waals surface area contributed by atoms with Crippen LogP contribution in [0.25, 0.3) is 0 Å². The number of benzene rings is 1. The van der Waals surface area contributed by atoms with Crippen molar-refractivity contribution in [1.82, 2.24) is 4.90 Å². The van der Waals surface area contributed by atoms with Gasteiger partial charge in [-0.25, -0.2) is 4.79 Å². The van der Waals surface area contributed by atoms with Crippen LogP contribution < -0.4 is 0 Å². The zero-order chi connectivity index (χ0) is 23.2. The first-order valence-corrected chi connectivity index (χ1v) is 11.3. The molecule has 7 heteroatoms. The Kier molecular flexibility index (Phi) is 10.2. The number of esters is 2. The molecule has 1 amide bonds. The van der Waals surface area contributed by atoms with Gasteiger partial charge in [0.15, 0.2) is 0 Å². The monoisotopic (exact) mass is 467 g/mol. The van der Waals surface area contributed by atoms with Crippen LogP contribution in [0.15, 0.2) is 18.2 Å². The molecule has 1 saturated heterocycles. The normalized spacial score (nSPS) is 20.4. The maximum Gasteiger partial charge on any atom is 0.331 e. The highest BCUT2D eigenvalue weighted by atomic mass is 35.5. The fourth-order valence-electron chi connectivity index (χ4n) is 4.12. The van der Waals surface area contributed by atoms with Gasteiger partial charge in [0.1, 0.15) is 5.54 Å². The lowest BCUT2D eigenvalue weighted by Gasteiger charge is -2.48.